The number of thiophene rings is 2. The van der Waals surface area contributed by atoms with Crippen molar-refractivity contribution in [1.82, 2.24) is 0 Å². The zero-order valence-corrected chi connectivity index (χ0v) is 21.7. The van der Waals surface area contributed by atoms with Crippen LogP contribution in [-0.2, 0) is 0 Å². The highest BCUT2D eigenvalue weighted by molar-refractivity contribution is 7.25. The van der Waals surface area contributed by atoms with Crippen molar-refractivity contribution in [1.29, 1.82) is 0 Å². The number of ketones is 2. The molecule has 2 aliphatic carbocycles. The molecule has 0 aliphatic heterocycles. The van der Waals surface area contributed by atoms with Crippen LogP contribution < -0.4 is 0 Å². The third-order valence-electron chi connectivity index (χ3n) is 7.48. The van der Waals surface area contributed by atoms with Crippen molar-refractivity contribution >= 4 is 34.2 Å². The molecule has 38 heavy (non-hydrogen) atoms. The Kier molecular flexibility index (Phi) is 4.60. The summed E-state index contributed by atoms with van der Waals surface area (Å²) in [6.07, 6.45) is 0. The second-order valence-electron chi connectivity index (χ2n) is 9.60. The summed E-state index contributed by atoms with van der Waals surface area (Å²) < 4.78 is 0. The van der Waals surface area contributed by atoms with Crippen molar-refractivity contribution < 1.29 is 9.59 Å². The van der Waals surface area contributed by atoms with E-state index < -0.39 is 0 Å². The number of carbonyl (C=O) groups is 2. The molecule has 0 fully saturated rings. The molecule has 0 saturated heterocycles. The van der Waals surface area contributed by atoms with Gasteiger partial charge in [0.1, 0.15) is 0 Å². The Morgan fingerprint density at radius 1 is 0.342 bits per heavy atom. The summed E-state index contributed by atoms with van der Waals surface area (Å²) in [7, 11) is 0. The number of benzene rings is 4. The lowest BCUT2D eigenvalue weighted by Crippen LogP contribution is -1.94. The van der Waals surface area contributed by atoms with Crippen molar-refractivity contribution in [3.8, 4) is 52.9 Å². The second-order valence-corrected chi connectivity index (χ2v) is 11.8. The molecule has 0 bridgehead atoms. The maximum atomic E-state index is 13.0. The van der Waals surface area contributed by atoms with Gasteiger partial charge in [-0.15, -0.1) is 22.7 Å². The fraction of sp³-hybridized carbons (Fsp3) is 0. The third kappa shape index (κ3) is 3.11. The van der Waals surface area contributed by atoms with Crippen LogP contribution in [-0.4, -0.2) is 11.6 Å². The van der Waals surface area contributed by atoms with E-state index >= 15 is 0 Å². The molecule has 0 atom stereocenters. The van der Waals surface area contributed by atoms with E-state index in [1.807, 2.05) is 60.7 Å². The zero-order chi connectivity index (χ0) is 25.4. The van der Waals surface area contributed by atoms with Gasteiger partial charge in [0, 0.05) is 41.8 Å². The monoisotopic (exact) mass is 522 g/mol. The summed E-state index contributed by atoms with van der Waals surface area (Å²) in [4.78, 5) is 30.6. The van der Waals surface area contributed by atoms with Gasteiger partial charge in [-0.25, -0.2) is 0 Å². The van der Waals surface area contributed by atoms with Gasteiger partial charge in [0.05, 0.1) is 0 Å². The lowest BCUT2D eigenvalue weighted by Gasteiger charge is -2.03. The van der Waals surface area contributed by atoms with E-state index in [1.165, 1.54) is 9.75 Å². The molecule has 0 unspecified atom stereocenters. The molecule has 0 amide bonds. The molecule has 2 aromatic heterocycles. The van der Waals surface area contributed by atoms with Crippen LogP contribution in [0, 0.1) is 0 Å². The number of carbonyl (C=O) groups excluding carboxylic acids is 2. The fourth-order valence-electron chi connectivity index (χ4n) is 5.61. The molecule has 2 heterocycles. The van der Waals surface area contributed by atoms with Crippen LogP contribution in [0.5, 0.6) is 0 Å². The highest BCUT2D eigenvalue weighted by atomic mass is 32.1. The van der Waals surface area contributed by atoms with Crippen molar-refractivity contribution in [3.05, 3.63) is 131 Å². The van der Waals surface area contributed by atoms with Crippen molar-refractivity contribution in [2.45, 2.75) is 0 Å². The maximum Gasteiger partial charge on any atom is 0.194 e. The normalized spacial score (nSPS) is 12.8. The van der Waals surface area contributed by atoms with E-state index in [9.17, 15) is 9.59 Å². The number of rotatable bonds is 3. The van der Waals surface area contributed by atoms with Crippen molar-refractivity contribution in [3.63, 3.8) is 0 Å². The number of fused-ring (bicyclic) bond motifs is 6. The summed E-state index contributed by atoms with van der Waals surface area (Å²) in [5.74, 6) is 0.209. The van der Waals surface area contributed by atoms with Gasteiger partial charge >= 0.3 is 0 Å². The van der Waals surface area contributed by atoms with Gasteiger partial charge in [-0.2, -0.15) is 0 Å². The van der Waals surface area contributed by atoms with Gasteiger partial charge in [0.2, 0.25) is 0 Å². The Balaban J connectivity index is 1.10. The van der Waals surface area contributed by atoms with Crippen LogP contribution in [0.25, 0.3) is 52.9 Å². The molecule has 4 heteroatoms. The first kappa shape index (κ1) is 21.7. The first-order valence-electron chi connectivity index (χ1n) is 12.4. The molecule has 0 N–H and O–H groups in total. The Labute approximate surface area is 227 Å². The quantitative estimate of drug-likeness (QED) is 0.232. The predicted molar refractivity (Wildman–Crippen MR) is 156 cm³/mol. The largest absolute Gasteiger partial charge is 0.289 e. The molecule has 0 spiro atoms. The molecule has 4 aromatic carbocycles. The molecule has 178 valence electrons. The molecular formula is C34H18O2S2. The first-order chi connectivity index (χ1) is 18.7. The van der Waals surface area contributed by atoms with Crippen LogP contribution >= 0.6 is 22.7 Å². The minimum atomic E-state index is 0.105. The zero-order valence-electron chi connectivity index (χ0n) is 20.0. The molecule has 2 nitrogen and oxygen atoms in total. The third-order valence-corrected chi connectivity index (χ3v) is 9.94. The predicted octanol–water partition coefficient (Wildman–Crippen LogP) is 9.23. The fourth-order valence-corrected chi connectivity index (χ4v) is 7.71. The van der Waals surface area contributed by atoms with Crippen LogP contribution in [0.15, 0.2) is 109 Å². The van der Waals surface area contributed by atoms with Crippen molar-refractivity contribution in [2.75, 3.05) is 0 Å². The van der Waals surface area contributed by atoms with E-state index in [2.05, 4.69) is 48.5 Å². The summed E-state index contributed by atoms with van der Waals surface area (Å²) >= 11 is 3.47. The Morgan fingerprint density at radius 2 is 0.711 bits per heavy atom. The second kappa shape index (κ2) is 8.06. The molecule has 0 saturated carbocycles. The topological polar surface area (TPSA) is 34.1 Å². The van der Waals surface area contributed by atoms with E-state index in [0.29, 0.717) is 0 Å². The molecule has 6 aromatic rings. The number of hydrogen-bond acceptors (Lipinski definition) is 4. The van der Waals surface area contributed by atoms with Crippen LogP contribution in [0.1, 0.15) is 31.8 Å². The van der Waals surface area contributed by atoms with Gasteiger partial charge in [0.15, 0.2) is 11.6 Å². The lowest BCUT2D eigenvalue weighted by molar-refractivity contribution is 0.103. The highest BCUT2D eigenvalue weighted by Gasteiger charge is 2.28. The minimum absolute atomic E-state index is 0.105. The van der Waals surface area contributed by atoms with Crippen molar-refractivity contribution in [2.24, 2.45) is 0 Å². The maximum absolute atomic E-state index is 13.0. The summed E-state index contributed by atoms with van der Waals surface area (Å²) in [6, 6.07) is 36.7. The lowest BCUT2D eigenvalue weighted by atomic mass is 10.0. The van der Waals surface area contributed by atoms with Crippen LogP contribution in [0.4, 0.5) is 0 Å². The smallest absolute Gasteiger partial charge is 0.194 e. The Morgan fingerprint density at radius 3 is 1.16 bits per heavy atom. The van der Waals surface area contributed by atoms with E-state index in [0.717, 1.165) is 65.4 Å². The molecule has 2 aliphatic rings. The summed E-state index contributed by atoms with van der Waals surface area (Å²) in [5, 5.41) is 0. The van der Waals surface area contributed by atoms with E-state index in [4.69, 9.17) is 0 Å². The van der Waals surface area contributed by atoms with Crippen LogP contribution in [0.3, 0.4) is 0 Å². The van der Waals surface area contributed by atoms with E-state index in [1.54, 1.807) is 22.7 Å². The average molecular weight is 523 g/mol. The SMILES string of the molecule is O=C1c2ccccc2-c2ccc(-c3ccc(-c4ccc(-c5ccc6c(c5)C(=O)c5ccccc5-6)s4)s3)cc21. The van der Waals surface area contributed by atoms with Gasteiger partial charge in [-0.1, -0.05) is 72.8 Å². The van der Waals surface area contributed by atoms with Gasteiger partial charge in [0.25, 0.3) is 0 Å². The van der Waals surface area contributed by atoms with Gasteiger partial charge in [-0.05, 0) is 69.8 Å². The molecular weight excluding hydrogens is 505 g/mol. The van der Waals surface area contributed by atoms with Gasteiger partial charge in [-0.3, -0.25) is 9.59 Å². The van der Waals surface area contributed by atoms with Crippen LogP contribution in [0.2, 0.25) is 0 Å². The van der Waals surface area contributed by atoms with Gasteiger partial charge < -0.3 is 0 Å². The minimum Gasteiger partial charge on any atom is -0.289 e. The summed E-state index contributed by atoms with van der Waals surface area (Å²) in [5.41, 5.74) is 9.35. The standard InChI is InChI=1S/C34H18O2S2/c35-33-25-7-3-1-5-21(25)23-11-9-19(17-27(23)33)29-13-15-31(37-29)32-16-14-30(38-32)20-10-12-24-22-6-2-4-8-26(22)34(36)28(24)18-20/h1-18H. The van der Waals surface area contributed by atoms with E-state index in [-0.39, 0.29) is 11.6 Å². The number of hydrogen-bond donors (Lipinski definition) is 0. The Bertz CT molecular complexity index is 1830. The first-order valence-corrected chi connectivity index (χ1v) is 14.1. The average Bonchev–Trinajstić information content (AvgIpc) is 3.75. The Hall–Kier alpha value is -4.38. The highest BCUT2D eigenvalue weighted by Crippen LogP contribution is 2.44. The molecule has 0 radical (unpaired) electrons. The summed E-state index contributed by atoms with van der Waals surface area (Å²) in [6.45, 7) is 0. The molecule has 8 rings (SSSR count).